The molecule has 0 saturated carbocycles. The van der Waals surface area contributed by atoms with Crippen molar-refractivity contribution < 1.29 is 14.4 Å². The van der Waals surface area contributed by atoms with E-state index in [0.717, 1.165) is 16.7 Å². The van der Waals surface area contributed by atoms with Gasteiger partial charge >= 0.3 is 0 Å². The van der Waals surface area contributed by atoms with Crippen molar-refractivity contribution in [2.45, 2.75) is 19.4 Å². The first-order valence-corrected chi connectivity index (χ1v) is 9.54. The van der Waals surface area contributed by atoms with Crippen LogP contribution in [0.5, 0.6) is 0 Å². The summed E-state index contributed by atoms with van der Waals surface area (Å²) in [5.41, 5.74) is 9.39. The number of nitrogens with one attached hydrogen (secondary N) is 2. The van der Waals surface area contributed by atoms with E-state index in [1.54, 1.807) is 24.3 Å². The standard InChI is InChI=1S/C24H23N3O3/c1-16(28)26-21-9-5-8-20(15-21)24(30)27-22(23(25)29)14-17-10-12-19(13-11-17)18-6-3-2-4-7-18/h2-13,15,22H,14H2,1H3,(H2,25,29)(H,26,28)(H,27,30)/t22-/m1/s1. The Balaban J connectivity index is 1.70. The predicted octanol–water partition coefficient (Wildman–Crippen LogP) is 3.14. The quantitative estimate of drug-likeness (QED) is 0.567. The maximum absolute atomic E-state index is 12.6. The molecule has 0 heterocycles. The van der Waals surface area contributed by atoms with Gasteiger partial charge in [-0.25, -0.2) is 0 Å². The topological polar surface area (TPSA) is 101 Å². The number of nitrogens with two attached hydrogens (primary N) is 1. The Kier molecular flexibility index (Phi) is 6.60. The molecule has 0 spiro atoms. The molecule has 0 unspecified atom stereocenters. The first kappa shape index (κ1) is 20.8. The average Bonchev–Trinajstić information content (AvgIpc) is 2.74. The molecular weight excluding hydrogens is 378 g/mol. The van der Waals surface area contributed by atoms with E-state index in [-0.39, 0.29) is 12.3 Å². The molecule has 0 aliphatic heterocycles. The molecule has 6 heteroatoms. The number of hydrogen-bond acceptors (Lipinski definition) is 3. The van der Waals surface area contributed by atoms with E-state index < -0.39 is 17.9 Å². The van der Waals surface area contributed by atoms with Gasteiger partial charge in [-0.3, -0.25) is 14.4 Å². The fourth-order valence-corrected chi connectivity index (χ4v) is 3.11. The smallest absolute Gasteiger partial charge is 0.252 e. The van der Waals surface area contributed by atoms with Gasteiger partial charge in [-0.15, -0.1) is 0 Å². The van der Waals surface area contributed by atoms with E-state index in [2.05, 4.69) is 10.6 Å². The SMILES string of the molecule is CC(=O)Nc1cccc(C(=O)N[C@H](Cc2ccc(-c3ccccc3)cc2)C(N)=O)c1. The van der Waals surface area contributed by atoms with Gasteiger partial charge in [0.15, 0.2) is 0 Å². The van der Waals surface area contributed by atoms with Crippen LogP contribution in [0, 0.1) is 0 Å². The van der Waals surface area contributed by atoms with Crippen molar-refractivity contribution in [3.8, 4) is 11.1 Å². The lowest BCUT2D eigenvalue weighted by Crippen LogP contribution is -2.45. The number of carbonyl (C=O) groups excluding carboxylic acids is 3. The van der Waals surface area contributed by atoms with Crippen molar-refractivity contribution in [3.63, 3.8) is 0 Å². The van der Waals surface area contributed by atoms with Crippen molar-refractivity contribution >= 4 is 23.4 Å². The summed E-state index contributed by atoms with van der Waals surface area (Å²) in [6.07, 6.45) is 0.279. The molecule has 30 heavy (non-hydrogen) atoms. The Bertz CT molecular complexity index is 1050. The number of primary amides is 1. The number of rotatable bonds is 7. The third-order valence-electron chi connectivity index (χ3n) is 4.59. The Morgan fingerprint density at radius 1 is 0.867 bits per heavy atom. The van der Waals surface area contributed by atoms with E-state index >= 15 is 0 Å². The third-order valence-corrected chi connectivity index (χ3v) is 4.59. The van der Waals surface area contributed by atoms with Gasteiger partial charge in [-0.05, 0) is 34.9 Å². The van der Waals surface area contributed by atoms with Gasteiger partial charge in [0.1, 0.15) is 6.04 Å². The highest BCUT2D eigenvalue weighted by Crippen LogP contribution is 2.20. The number of carbonyl (C=O) groups is 3. The highest BCUT2D eigenvalue weighted by molar-refractivity contribution is 5.99. The van der Waals surface area contributed by atoms with Gasteiger partial charge in [-0.2, -0.15) is 0 Å². The summed E-state index contributed by atoms with van der Waals surface area (Å²) in [4.78, 5) is 35.7. The minimum atomic E-state index is -0.857. The lowest BCUT2D eigenvalue weighted by atomic mass is 10.00. The Morgan fingerprint density at radius 3 is 2.17 bits per heavy atom. The summed E-state index contributed by atoms with van der Waals surface area (Å²) in [6.45, 7) is 1.39. The number of benzene rings is 3. The molecule has 3 amide bonds. The summed E-state index contributed by atoms with van der Waals surface area (Å²) in [5.74, 6) is -1.29. The second-order valence-electron chi connectivity index (χ2n) is 6.96. The molecule has 1 atom stereocenters. The van der Waals surface area contributed by atoms with E-state index in [4.69, 9.17) is 5.73 Å². The number of amides is 3. The third kappa shape index (κ3) is 5.54. The van der Waals surface area contributed by atoms with Crippen molar-refractivity contribution in [2.24, 2.45) is 5.73 Å². The zero-order valence-electron chi connectivity index (χ0n) is 16.6. The molecule has 0 saturated heterocycles. The van der Waals surface area contributed by atoms with Gasteiger partial charge in [-0.1, -0.05) is 60.7 Å². The van der Waals surface area contributed by atoms with Crippen LogP contribution < -0.4 is 16.4 Å². The highest BCUT2D eigenvalue weighted by atomic mass is 16.2. The summed E-state index contributed by atoms with van der Waals surface area (Å²) < 4.78 is 0. The van der Waals surface area contributed by atoms with Gasteiger partial charge < -0.3 is 16.4 Å². The van der Waals surface area contributed by atoms with Gasteiger partial charge in [0.2, 0.25) is 11.8 Å². The fraction of sp³-hybridized carbons (Fsp3) is 0.125. The largest absolute Gasteiger partial charge is 0.368 e. The van der Waals surface area contributed by atoms with Crippen molar-refractivity contribution in [2.75, 3.05) is 5.32 Å². The van der Waals surface area contributed by atoms with Crippen LogP contribution in [0.3, 0.4) is 0 Å². The van der Waals surface area contributed by atoms with Crippen LogP contribution in [0.25, 0.3) is 11.1 Å². The first-order chi connectivity index (χ1) is 14.4. The maximum atomic E-state index is 12.6. The van der Waals surface area contributed by atoms with Crippen LogP contribution >= 0.6 is 0 Å². The van der Waals surface area contributed by atoms with Crippen molar-refractivity contribution in [3.05, 3.63) is 90.0 Å². The predicted molar refractivity (Wildman–Crippen MR) is 117 cm³/mol. The molecule has 0 aliphatic rings. The molecule has 0 aromatic heterocycles. The highest BCUT2D eigenvalue weighted by Gasteiger charge is 2.20. The average molecular weight is 401 g/mol. The van der Waals surface area contributed by atoms with Crippen molar-refractivity contribution in [1.82, 2.24) is 5.32 Å². The van der Waals surface area contributed by atoms with Crippen LogP contribution in [0.4, 0.5) is 5.69 Å². The molecule has 0 aliphatic carbocycles. The molecule has 3 rings (SSSR count). The molecule has 0 bridgehead atoms. The zero-order chi connectivity index (χ0) is 21.5. The monoisotopic (exact) mass is 401 g/mol. The molecule has 3 aromatic carbocycles. The second kappa shape index (κ2) is 9.52. The summed E-state index contributed by atoms with van der Waals surface area (Å²) in [6, 6.07) is 23.4. The van der Waals surface area contributed by atoms with Crippen molar-refractivity contribution in [1.29, 1.82) is 0 Å². The molecule has 0 radical (unpaired) electrons. The van der Waals surface area contributed by atoms with E-state index in [9.17, 15) is 14.4 Å². The van der Waals surface area contributed by atoms with E-state index in [0.29, 0.717) is 11.3 Å². The molecule has 6 nitrogen and oxygen atoms in total. The van der Waals surface area contributed by atoms with E-state index in [1.807, 2.05) is 54.6 Å². The van der Waals surface area contributed by atoms with Gasteiger partial charge in [0.25, 0.3) is 5.91 Å². The minimum absolute atomic E-state index is 0.235. The Labute approximate surface area is 175 Å². The molecule has 0 fully saturated rings. The van der Waals surface area contributed by atoms with Gasteiger partial charge in [0.05, 0.1) is 0 Å². The minimum Gasteiger partial charge on any atom is -0.368 e. The molecular formula is C24H23N3O3. The maximum Gasteiger partial charge on any atom is 0.252 e. The molecule has 4 N–H and O–H groups in total. The van der Waals surface area contributed by atoms with Gasteiger partial charge in [0, 0.05) is 24.6 Å². The zero-order valence-corrected chi connectivity index (χ0v) is 16.6. The van der Waals surface area contributed by atoms with Crippen LogP contribution in [-0.2, 0) is 16.0 Å². The molecule has 3 aromatic rings. The Morgan fingerprint density at radius 2 is 1.53 bits per heavy atom. The summed E-state index contributed by atoms with van der Waals surface area (Å²) in [7, 11) is 0. The fourth-order valence-electron chi connectivity index (χ4n) is 3.11. The Hall–Kier alpha value is -3.93. The van der Waals surface area contributed by atoms with Crippen LogP contribution in [-0.4, -0.2) is 23.8 Å². The van der Waals surface area contributed by atoms with Crippen LogP contribution in [0.2, 0.25) is 0 Å². The second-order valence-corrected chi connectivity index (χ2v) is 6.96. The summed E-state index contributed by atoms with van der Waals surface area (Å²) in [5, 5.41) is 5.31. The van der Waals surface area contributed by atoms with Crippen LogP contribution in [0.15, 0.2) is 78.9 Å². The number of hydrogen-bond donors (Lipinski definition) is 3. The molecule has 152 valence electrons. The lowest BCUT2D eigenvalue weighted by molar-refractivity contribution is -0.119. The first-order valence-electron chi connectivity index (χ1n) is 9.54. The van der Waals surface area contributed by atoms with E-state index in [1.165, 1.54) is 6.92 Å². The summed E-state index contributed by atoms with van der Waals surface area (Å²) >= 11 is 0. The lowest BCUT2D eigenvalue weighted by Gasteiger charge is -2.16. The number of anilines is 1. The van der Waals surface area contributed by atoms with Crippen LogP contribution in [0.1, 0.15) is 22.8 Å². The normalized spacial score (nSPS) is 11.4.